The summed E-state index contributed by atoms with van der Waals surface area (Å²) >= 11 is 0. The summed E-state index contributed by atoms with van der Waals surface area (Å²) in [5, 5.41) is 0. The largest absolute Gasteiger partial charge is 0.493 e. The monoisotopic (exact) mass is 247 g/mol. The number of hydrogen-bond acceptors (Lipinski definition) is 2. The van der Waals surface area contributed by atoms with Crippen molar-refractivity contribution < 1.29 is 17.9 Å². The van der Waals surface area contributed by atoms with Gasteiger partial charge in [-0.1, -0.05) is 19.1 Å². The number of benzene rings is 1. The number of hydrogen-bond donors (Lipinski definition) is 1. The van der Waals surface area contributed by atoms with Crippen molar-refractivity contribution in [3.05, 3.63) is 29.8 Å². The van der Waals surface area contributed by atoms with Crippen LogP contribution >= 0.6 is 0 Å². The zero-order chi connectivity index (χ0) is 12.9. The van der Waals surface area contributed by atoms with E-state index in [0.717, 1.165) is 12.5 Å². The highest BCUT2D eigenvalue weighted by Gasteiger charge is 2.34. The van der Waals surface area contributed by atoms with E-state index in [1.165, 1.54) is 18.2 Å². The fraction of sp³-hybridized carbons (Fsp3) is 0.500. The van der Waals surface area contributed by atoms with Crippen molar-refractivity contribution >= 4 is 0 Å². The summed E-state index contributed by atoms with van der Waals surface area (Å²) in [6.45, 7) is 2.54. The molecule has 0 amide bonds. The Balaban J connectivity index is 2.77. The highest BCUT2D eigenvalue weighted by atomic mass is 19.4. The summed E-state index contributed by atoms with van der Waals surface area (Å²) in [5.41, 5.74) is 4.73. The van der Waals surface area contributed by atoms with E-state index >= 15 is 0 Å². The normalized spacial score (nSPS) is 13.5. The summed E-state index contributed by atoms with van der Waals surface area (Å²) in [7, 11) is 0. The Kier molecular flexibility index (Phi) is 4.81. The summed E-state index contributed by atoms with van der Waals surface area (Å²) in [6, 6.07) is 5.20. The summed E-state index contributed by atoms with van der Waals surface area (Å²) in [5.74, 6) is -0.0526. The third kappa shape index (κ3) is 3.93. The Morgan fingerprint density at radius 2 is 1.94 bits per heavy atom. The second-order valence-electron chi connectivity index (χ2n) is 3.81. The number of rotatable bonds is 5. The van der Waals surface area contributed by atoms with Gasteiger partial charge in [-0.05, 0) is 25.1 Å². The standard InChI is InChI=1S/C12H16F3NO/c1-2-9(7-16)8-17-11-6-4-3-5-10(11)12(13,14)15/h3-6,9H,2,7-8,16H2,1H3. The van der Waals surface area contributed by atoms with Gasteiger partial charge in [0, 0.05) is 5.92 Å². The van der Waals surface area contributed by atoms with E-state index in [1.54, 1.807) is 0 Å². The third-order valence-corrected chi connectivity index (χ3v) is 2.58. The first-order valence-electron chi connectivity index (χ1n) is 5.48. The molecule has 0 saturated carbocycles. The van der Waals surface area contributed by atoms with Gasteiger partial charge in [0.25, 0.3) is 0 Å². The Labute approximate surface area is 98.6 Å². The van der Waals surface area contributed by atoms with E-state index < -0.39 is 11.7 Å². The van der Waals surface area contributed by atoms with Crippen molar-refractivity contribution in [1.29, 1.82) is 0 Å². The molecule has 0 saturated heterocycles. The van der Waals surface area contributed by atoms with Crippen molar-refractivity contribution in [3.63, 3.8) is 0 Å². The van der Waals surface area contributed by atoms with Crippen LogP contribution in [0.2, 0.25) is 0 Å². The van der Waals surface area contributed by atoms with Gasteiger partial charge in [-0.15, -0.1) is 0 Å². The Hall–Kier alpha value is -1.23. The van der Waals surface area contributed by atoms with Crippen molar-refractivity contribution in [3.8, 4) is 5.75 Å². The molecule has 2 nitrogen and oxygen atoms in total. The van der Waals surface area contributed by atoms with Crippen LogP contribution in [0.4, 0.5) is 13.2 Å². The van der Waals surface area contributed by atoms with E-state index in [9.17, 15) is 13.2 Å². The summed E-state index contributed by atoms with van der Waals surface area (Å²) in [4.78, 5) is 0. The molecule has 96 valence electrons. The fourth-order valence-electron chi connectivity index (χ4n) is 1.39. The van der Waals surface area contributed by atoms with E-state index in [2.05, 4.69) is 0 Å². The van der Waals surface area contributed by atoms with E-state index in [-0.39, 0.29) is 18.3 Å². The summed E-state index contributed by atoms with van der Waals surface area (Å²) < 4.78 is 43.1. The average molecular weight is 247 g/mol. The van der Waals surface area contributed by atoms with Gasteiger partial charge in [-0.2, -0.15) is 13.2 Å². The molecule has 0 bridgehead atoms. The predicted octanol–water partition coefficient (Wildman–Crippen LogP) is 3.07. The molecule has 1 atom stereocenters. The van der Waals surface area contributed by atoms with E-state index in [1.807, 2.05) is 6.92 Å². The van der Waals surface area contributed by atoms with Crippen LogP contribution < -0.4 is 10.5 Å². The van der Waals surface area contributed by atoms with Crippen LogP contribution in [0.25, 0.3) is 0 Å². The third-order valence-electron chi connectivity index (χ3n) is 2.58. The molecule has 2 N–H and O–H groups in total. The first kappa shape index (κ1) is 13.8. The Morgan fingerprint density at radius 1 is 1.29 bits per heavy atom. The molecule has 17 heavy (non-hydrogen) atoms. The first-order valence-corrected chi connectivity index (χ1v) is 5.48. The SMILES string of the molecule is CCC(CN)COc1ccccc1C(F)(F)F. The smallest absolute Gasteiger partial charge is 0.419 e. The van der Waals surface area contributed by atoms with Crippen molar-refractivity contribution in [2.45, 2.75) is 19.5 Å². The van der Waals surface area contributed by atoms with Crippen molar-refractivity contribution in [1.82, 2.24) is 0 Å². The minimum atomic E-state index is -4.39. The van der Waals surface area contributed by atoms with Gasteiger partial charge in [0.2, 0.25) is 0 Å². The van der Waals surface area contributed by atoms with Gasteiger partial charge in [0.1, 0.15) is 5.75 Å². The molecule has 0 aliphatic heterocycles. The zero-order valence-electron chi connectivity index (χ0n) is 9.63. The van der Waals surface area contributed by atoms with Gasteiger partial charge >= 0.3 is 6.18 Å². The molecular weight excluding hydrogens is 231 g/mol. The molecule has 0 radical (unpaired) electrons. The molecule has 0 spiro atoms. The van der Waals surface area contributed by atoms with E-state index in [0.29, 0.717) is 6.54 Å². The van der Waals surface area contributed by atoms with Crippen LogP contribution in [0.3, 0.4) is 0 Å². The number of ether oxygens (including phenoxy) is 1. The first-order chi connectivity index (χ1) is 7.99. The number of halogens is 3. The molecule has 1 aromatic rings. The molecule has 5 heteroatoms. The lowest BCUT2D eigenvalue weighted by Crippen LogP contribution is -2.21. The quantitative estimate of drug-likeness (QED) is 0.867. The maximum atomic E-state index is 12.6. The zero-order valence-corrected chi connectivity index (χ0v) is 9.63. The molecule has 0 aromatic heterocycles. The van der Waals surface area contributed by atoms with Gasteiger partial charge in [-0.3, -0.25) is 0 Å². The molecule has 0 fully saturated rings. The molecule has 0 aliphatic rings. The second kappa shape index (κ2) is 5.91. The number of nitrogens with two attached hydrogens (primary N) is 1. The van der Waals surface area contributed by atoms with E-state index in [4.69, 9.17) is 10.5 Å². The highest BCUT2D eigenvalue weighted by molar-refractivity contribution is 5.35. The van der Waals surface area contributed by atoms with Gasteiger partial charge < -0.3 is 10.5 Å². The minimum Gasteiger partial charge on any atom is -0.493 e. The molecule has 0 heterocycles. The molecular formula is C12H16F3NO. The lowest BCUT2D eigenvalue weighted by Gasteiger charge is -2.17. The maximum absolute atomic E-state index is 12.6. The van der Waals surface area contributed by atoms with Crippen molar-refractivity contribution in [2.75, 3.05) is 13.2 Å². The number of para-hydroxylation sites is 1. The fourth-order valence-corrected chi connectivity index (χ4v) is 1.39. The topological polar surface area (TPSA) is 35.2 Å². The van der Waals surface area contributed by atoms with Crippen LogP contribution in [0.5, 0.6) is 5.75 Å². The van der Waals surface area contributed by atoms with Crippen LogP contribution in [-0.4, -0.2) is 13.2 Å². The van der Waals surface area contributed by atoms with Crippen LogP contribution in [0, 0.1) is 5.92 Å². The van der Waals surface area contributed by atoms with Crippen LogP contribution in [0.15, 0.2) is 24.3 Å². The van der Waals surface area contributed by atoms with Crippen molar-refractivity contribution in [2.24, 2.45) is 11.7 Å². The van der Waals surface area contributed by atoms with Gasteiger partial charge in [0.05, 0.1) is 12.2 Å². The lowest BCUT2D eigenvalue weighted by atomic mass is 10.1. The lowest BCUT2D eigenvalue weighted by molar-refractivity contribution is -0.139. The Bertz CT molecular complexity index is 348. The van der Waals surface area contributed by atoms with Gasteiger partial charge in [-0.25, -0.2) is 0 Å². The van der Waals surface area contributed by atoms with Crippen LogP contribution in [0.1, 0.15) is 18.9 Å². The summed E-state index contributed by atoms with van der Waals surface area (Å²) in [6.07, 6.45) is -3.61. The average Bonchev–Trinajstić information content (AvgIpc) is 2.29. The second-order valence-corrected chi connectivity index (χ2v) is 3.81. The van der Waals surface area contributed by atoms with Crippen LogP contribution in [-0.2, 0) is 6.18 Å². The molecule has 1 aromatic carbocycles. The highest BCUT2D eigenvalue weighted by Crippen LogP contribution is 2.35. The molecule has 0 aliphatic carbocycles. The predicted molar refractivity (Wildman–Crippen MR) is 59.8 cm³/mol. The molecule has 1 unspecified atom stereocenters. The Morgan fingerprint density at radius 3 is 2.47 bits per heavy atom. The number of alkyl halides is 3. The molecule has 1 rings (SSSR count). The minimum absolute atomic E-state index is 0.0799. The maximum Gasteiger partial charge on any atom is 0.419 e. The van der Waals surface area contributed by atoms with Gasteiger partial charge in [0.15, 0.2) is 0 Å².